The van der Waals surface area contributed by atoms with Gasteiger partial charge in [0.2, 0.25) is 0 Å². The molecule has 2 rings (SSSR count). The molecule has 2 atom stereocenters. The summed E-state index contributed by atoms with van der Waals surface area (Å²) in [5.41, 5.74) is 4.41. The number of fused-ring (bicyclic) bond motifs is 1. The first-order valence-electron chi connectivity index (χ1n) is 8.13. The summed E-state index contributed by atoms with van der Waals surface area (Å²) < 4.78 is 0. The second-order valence-electron chi connectivity index (χ2n) is 6.41. The van der Waals surface area contributed by atoms with Crippen molar-refractivity contribution in [2.45, 2.75) is 65.0 Å². The highest BCUT2D eigenvalue weighted by atomic mass is 16.4. The second-order valence-corrected chi connectivity index (χ2v) is 6.41. The maximum Gasteiger partial charge on any atom is 0.306 e. The Morgan fingerprint density at radius 2 is 2.00 bits per heavy atom. The van der Waals surface area contributed by atoms with Gasteiger partial charge in [-0.3, -0.25) is 4.79 Å². The molecule has 2 unspecified atom stereocenters. The third kappa shape index (κ3) is 4.85. The van der Waals surface area contributed by atoms with Gasteiger partial charge in [-0.2, -0.15) is 0 Å². The third-order valence-electron chi connectivity index (χ3n) is 4.51. The Labute approximate surface area is 127 Å². The molecule has 0 spiro atoms. The molecule has 116 valence electrons. The number of benzene rings is 1. The van der Waals surface area contributed by atoms with E-state index in [2.05, 4.69) is 30.4 Å². The van der Waals surface area contributed by atoms with Crippen LogP contribution in [0.25, 0.3) is 0 Å². The summed E-state index contributed by atoms with van der Waals surface area (Å²) in [4.78, 5) is 10.8. The number of aryl methyl sites for hydroxylation is 2. The summed E-state index contributed by atoms with van der Waals surface area (Å²) in [7, 11) is 0. The fourth-order valence-electron chi connectivity index (χ4n) is 2.98. The molecule has 0 fully saturated rings. The quantitative estimate of drug-likeness (QED) is 0.769. The Morgan fingerprint density at radius 1 is 1.24 bits per heavy atom. The Bertz CT molecular complexity index is 484. The molecule has 0 saturated heterocycles. The second kappa shape index (κ2) is 7.60. The zero-order chi connectivity index (χ0) is 15.2. The van der Waals surface area contributed by atoms with Crippen LogP contribution in [0.5, 0.6) is 0 Å². The predicted molar refractivity (Wildman–Crippen MR) is 85.4 cm³/mol. The van der Waals surface area contributed by atoms with Crippen LogP contribution < -0.4 is 5.32 Å². The number of carboxylic acids is 1. The lowest BCUT2D eigenvalue weighted by atomic mass is 10.0. The Morgan fingerprint density at radius 3 is 2.76 bits per heavy atom. The molecule has 0 aromatic heterocycles. The predicted octanol–water partition coefficient (Wildman–Crippen LogP) is 3.54. The van der Waals surface area contributed by atoms with E-state index in [9.17, 15) is 4.79 Å². The summed E-state index contributed by atoms with van der Waals surface area (Å²) in [5.74, 6) is -0.914. The number of hydrogen-bond donors (Lipinski definition) is 2. The lowest BCUT2D eigenvalue weighted by Crippen LogP contribution is -2.25. The lowest BCUT2D eigenvalue weighted by Gasteiger charge is -2.15. The van der Waals surface area contributed by atoms with Gasteiger partial charge in [0.05, 0.1) is 5.92 Å². The minimum absolute atomic E-state index is 0.228. The van der Waals surface area contributed by atoms with Gasteiger partial charge in [-0.05, 0) is 55.7 Å². The van der Waals surface area contributed by atoms with Crippen molar-refractivity contribution in [2.75, 3.05) is 0 Å². The molecule has 0 aliphatic heterocycles. The fourth-order valence-corrected chi connectivity index (χ4v) is 2.98. The largest absolute Gasteiger partial charge is 0.481 e. The number of rotatable bonds is 8. The van der Waals surface area contributed by atoms with Crippen LogP contribution in [0.1, 0.15) is 56.2 Å². The van der Waals surface area contributed by atoms with Crippen LogP contribution in [0.15, 0.2) is 18.2 Å². The van der Waals surface area contributed by atoms with E-state index in [4.69, 9.17) is 5.11 Å². The van der Waals surface area contributed by atoms with Crippen LogP contribution in [0.2, 0.25) is 0 Å². The first-order valence-corrected chi connectivity index (χ1v) is 8.13. The maximum atomic E-state index is 10.8. The number of nitrogens with one attached hydrogen (secondary N) is 1. The van der Waals surface area contributed by atoms with Crippen molar-refractivity contribution in [1.82, 2.24) is 5.32 Å². The highest BCUT2D eigenvalue weighted by molar-refractivity contribution is 5.69. The third-order valence-corrected chi connectivity index (χ3v) is 4.51. The van der Waals surface area contributed by atoms with Crippen molar-refractivity contribution in [2.24, 2.45) is 5.92 Å². The van der Waals surface area contributed by atoms with Gasteiger partial charge < -0.3 is 10.4 Å². The zero-order valence-corrected chi connectivity index (χ0v) is 13.2. The van der Waals surface area contributed by atoms with E-state index in [1.165, 1.54) is 36.0 Å². The first kappa shape index (κ1) is 16.0. The molecule has 2 N–H and O–H groups in total. The van der Waals surface area contributed by atoms with Crippen LogP contribution in [-0.4, -0.2) is 17.1 Å². The van der Waals surface area contributed by atoms with Crippen molar-refractivity contribution in [3.8, 4) is 0 Å². The SMILES string of the molecule is CC(CCCC(C)C(=O)O)NCc1ccc2c(c1)CCC2. The van der Waals surface area contributed by atoms with Gasteiger partial charge in [0.15, 0.2) is 0 Å². The maximum absolute atomic E-state index is 10.8. The normalized spacial score (nSPS) is 16.5. The molecule has 0 bridgehead atoms. The molecule has 0 saturated carbocycles. The molecule has 3 nitrogen and oxygen atoms in total. The number of carbonyl (C=O) groups is 1. The van der Waals surface area contributed by atoms with Crippen molar-refractivity contribution < 1.29 is 9.90 Å². The van der Waals surface area contributed by atoms with Gasteiger partial charge in [-0.15, -0.1) is 0 Å². The average molecular weight is 289 g/mol. The van der Waals surface area contributed by atoms with Crippen LogP contribution in [0.4, 0.5) is 0 Å². The standard InChI is InChI=1S/C18H27NO2/c1-13(18(20)21)5-3-6-14(2)19-12-15-9-10-16-7-4-8-17(16)11-15/h9-11,13-14,19H,3-8,12H2,1-2H3,(H,20,21). The van der Waals surface area contributed by atoms with Crippen molar-refractivity contribution in [1.29, 1.82) is 0 Å². The van der Waals surface area contributed by atoms with Crippen LogP contribution in [0, 0.1) is 5.92 Å². The first-order chi connectivity index (χ1) is 10.1. The van der Waals surface area contributed by atoms with Crippen LogP contribution in [-0.2, 0) is 24.2 Å². The summed E-state index contributed by atoms with van der Waals surface area (Å²) in [6.45, 7) is 4.87. The monoisotopic (exact) mass is 289 g/mol. The summed E-state index contributed by atoms with van der Waals surface area (Å²) >= 11 is 0. The van der Waals surface area contributed by atoms with E-state index in [0.29, 0.717) is 6.04 Å². The number of aliphatic carboxylic acids is 1. The zero-order valence-electron chi connectivity index (χ0n) is 13.2. The van der Waals surface area contributed by atoms with Gasteiger partial charge in [-0.25, -0.2) is 0 Å². The van der Waals surface area contributed by atoms with Crippen LogP contribution in [0.3, 0.4) is 0 Å². The molecule has 21 heavy (non-hydrogen) atoms. The van der Waals surface area contributed by atoms with Gasteiger partial charge in [0.1, 0.15) is 0 Å². The van der Waals surface area contributed by atoms with Crippen LogP contribution >= 0.6 is 0 Å². The summed E-state index contributed by atoms with van der Waals surface area (Å²) in [5, 5.41) is 12.4. The molecular weight excluding hydrogens is 262 g/mol. The van der Waals surface area contributed by atoms with Gasteiger partial charge in [-0.1, -0.05) is 31.5 Å². The fraction of sp³-hybridized carbons (Fsp3) is 0.611. The van der Waals surface area contributed by atoms with E-state index in [0.717, 1.165) is 25.8 Å². The van der Waals surface area contributed by atoms with E-state index >= 15 is 0 Å². The minimum Gasteiger partial charge on any atom is -0.481 e. The van der Waals surface area contributed by atoms with Crippen molar-refractivity contribution in [3.63, 3.8) is 0 Å². The highest BCUT2D eigenvalue weighted by Gasteiger charge is 2.12. The van der Waals surface area contributed by atoms with E-state index in [1.807, 2.05) is 0 Å². The average Bonchev–Trinajstić information content (AvgIpc) is 2.92. The molecule has 1 aromatic rings. The van der Waals surface area contributed by atoms with Gasteiger partial charge in [0.25, 0.3) is 0 Å². The molecule has 3 heteroatoms. The van der Waals surface area contributed by atoms with Crippen molar-refractivity contribution in [3.05, 3.63) is 34.9 Å². The van der Waals surface area contributed by atoms with Gasteiger partial charge in [0, 0.05) is 12.6 Å². The molecule has 1 aliphatic rings. The molecule has 0 heterocycles. The molecule has 1 aliphatic carbocycles. The Hall–Kier alpha value is -1.35. The number of hydrogen-bond acceptors (Lipinski definition) is 2. The van der Waals surface area contributed by atoms with Crippen molar-refractivity contribution >= 4 is 5.97 Å². The molecule has 1 aromatic carbocycles. The van der Waals surface area contributed by atoms with E-state index in [1.54, 1.807) is 6.92 Å². The summed E-state index contributed by atoms with van der Waals surface area (Å²) in [6.07, 6.45) is 6.52. The highest BCUT2D eigenvalue weighted by Crippen LogP contribution is 2.22. The number of carboxylic acid groups (broad SMARTS) is 1. The van der Waals surface area contributed by atoms with Gasteiger partial charge >= 0.3 is 5.97 Å². The molecule has 0 radical (unpaired) electrons. The van der Waals surface area contributed by atoms with E-state index in [-0.39, 0.29) is 5.92 Å². The smallest absolute Gasteiger partial charge is 0.306 e. The lowest BCUT2D eigenvalue weighted by molar-refractivity contribution is -0.141. The van der Waals surface area contributed by atoms with E-state index < -0.39 is 5.97 Å². The summed E-state index contributed by atoms with van der Waals surface area (Å²) in [6, 6.07) is 7.28. The minimum atomic E-state index is -0.686. The molecular formula is C18H27NO2. The topological polar surface area (TPSA) is 49.3 Å². The molecule has 0 amide bonds. The Balaban J connectivity index is 1.69. The Kier molecular flexibility index (Phi) is 5.80.